The quantitative estimate of drug-likeness (QED) is 0.790. The highest BCUT2D eigenvalue weighted by molar-refractivity contribution is 5.76. The lowest BCUT2D eigenvalue weighted by molar-refractivity contribution is -0.133. The molecule has 2 amide bonds. The highest BCUT2D eigenvalue weighted by Crippen LogP contribution is 2.30. The first-order chi connectivity index (χ1) is 14.0. The highest BCUT2D eigenvalue weighted by Gasteiger charge is 2.29. The van der Waals surface area contributed by atoms with E-state index < -0.39 is 0 Å². The summed E-state index contributed by atoms with van der Waals surface area (Å²) < 4.78 is 1.86. The Morgan fingerprint density at radius 3 is 2.86 bits per heavy atom. The topological polar surface area (TPSA) is 84.2 Å². The second-order valence-electron chi connectivity index (χ2n) is 7.94. The first-order valence-corrected chi connectivity index (χ1v) is 10.4. The van der Waals surface area contributed by atoms with Crippen LogP contribution in [-0.2, 0) is 29.1 Å². The van der Waals surface area contributed by atoms with Crippen molar-refractivity contribution in [1.82, 2.24) is 29.5 Å². The number of rotatable bonds is 4. The van der Waals surface area contributed by atoms with E-state index in [9.17, 15) is 9.59 Å². The number of hydrogen-bond donors (Lipinski definition) is 0. The van der Waals surface area contributed by atoms with Crippen molar-refractivity contribution in [2.24, 2.45) is 0 Å². The van der Waals surface area contributed by atoms with E-state index >= 15 is 0 Å². The summed E-state index contributed by atoms with van der Waals surface area (Å²) in [6, 6.07) is 1.92. The highest BCUT2D eigenvalue weighted by atomic mass is 16.2. The van der Waals surface area contributed by atoms with E-state index in [4.69, 9.17) is 4.98 Å². The molecule has 0 aromatic carbocycles. The van der Waals surface area contributed by atoms with Crippen LogP contribution in [0.15, 0.2) is 18.5 Å². The number of nitrogens with zero attached hydrogens (tertiary/aromatic N) is 6. The lowest BCUT2D eigenvalue weighted by atomic mass is 10.0. The van der Waals surface area contributed by atoms with Gasteiger partial charge in [-0.05, 0) is 32.3 Å². The Bertz CT molecular complexity index is 908. The molecule has 29 heavy (non-hydrogen) atoms. The summed E-state index contributed by atoms with van der Waals surface area (Å²) in [6.45, 7) is 6.20. The molecule has 2 aromatic heterocycles. The molecule has 1 saturated heterocycles. The third kappa shape index (κ3) is 4.16. The summed E-state index contributed by atoms with van der Waals surface area (Å²) in [5.41, 5.74) is 3.08. The van der Waals surface area contributed by atoms with E-state index in [-0.39, 0.29) is 17.9 Å². The molecular weight excluding hydrogens is 368 g/mol. The molecule has 1 fully saturated rings. The molecule has 4 rings (SSSR count). The lowest BCUT2D eigenvalue weighted by Crippen LogP contribution is -2.39. The number of carbonyl (C=O) groups excluding carboxylic acids is 2. The molecule has 0 saturated carbocycles. The maximum atomic E-state index is 12.6. The van der Waals surface area contributed by atoms with Crippen molar-refractivity contribution in [3.8, 4) is 0 Å². The Balaban J connectivity index is 1.42. The van der Waals surface area contributed by atoms with Crippen LogP contribution in [0.1, 0.15) is 61.4 Å². The molecular formula is C21H28N6O2. The molecule has 154 valence electrons. The number of likely N-dealkylation sites (tertiary alicyclic amines) is 1. The molecule has 0 radical (unpaired) electrons. The van der Waals surface area contributed by atoms with E-state index in [2.05, 4.69) is 10.1 Å². The minimum atomic E-state index is -0.0245. The number of hydrogen-bond acceptors (Lipinski definition) is 5. The fraction of sp³-hybridized carbons (Fsp3) is 0.571. The molecule has 0 bridgehead atoms. The average molecular weight is 396 g/mol. The van der Waals surface area contributed by atoms with Crippen molar-refractivity contribution >= 4 is 11.8 Å². The van der Waals surface area contributed by atoms with Gasteiger partial charge in [-0.15, -0.1) is 0 Å². The molecule has 8 heteroatoms. The zero-order valence-electron chi connectivity index (χ0n) is 17.2. The summed E-state index contributed by atoms with van der Waals surface area (Å²) in [5.74, 6) is 0.956. The molecule has 0 spiro atoms. The monoisotopic (exact) mass is 396 g/mol. The first kappa shape index (κ1) is 19.5. The molecule has 0 aliphatic carbocycles. The summed E-state index contributed by atoms with van der Waals surface area (Å²) in [5, 5.41) is 4.24. The van der Waals surface area contributed by atoms with Gasteiger partial charge in [0.1, 0.15) is 0 Å². The van der Waals surface area contributed by atoms with Crippen LogP contribution in [0.25, 0.3) is 0 Å². The van der Waals surface area contributed by atoms with Gasteiger partial charge in [0.25, 0.3) is 0 Å². The van der Waals surface area contributed by atoms with Crippen LogP contribution in [0.3, 0.4) is 0 Å². The van der Waals surface area contributed by atoms with Gasteiger partial charge in [-0.2, -0.15) is 5.10 Å². The Labute approximate surface area is 170 Å². The number of aryl methyl sites for hydroxylation is 2. The van der Waals surface area contributed by atoms with Crippen molar-refractivity contribution in [3.63, 3.8) is 0 Å². The van der Waals surface area contributed by atoms with Crippen LogP contribution >= 0.6 is 0 Å². The van der Waals surface area contributed by atoms with Crippen LogP contribution in [0, 0.1) is 6.92 Å². The number of amides is 2. The molecule has 0 unspecified atom stereocenters. The normalized spacial score (nSPS) is 19.2. The van der Waals surface area contributed by atoms with E-state index in [1.165, 1.54) is 0 Å². The molecule has 8 nitrogen and oxygen atoms in total. The average Bonchev–Trinajstić information content (AvgIpc) is 3.16. The van der Waals surface area contributed by atoms with Gasteiger partial charge in [-0.3, -0.25) is 14.3 Å². The summed E-state index contributed by atoms with van der Waals surface area (Å²) >= 11 is 0. The van der Waals surface area contributed by atoms with Gasteiger partial charge >= 0.3 is 0 Å². The SMILES string of the molecule is CC(=O)N1CCCC[C@@H]1c1ncc2c(n1)CCN(C(=O)CCn1nccc1C)C2. The van der Waals surface area contributed by atoms with Crippen molar-refractivity contribution < 1.29 is 9.59 Å². The Kier molecular flexibility index (Phi) is 5.60. The van der Waals surface area contributed by atoms with Gasteiger partial charge < -0.3 is 9.80 Å². The van der Waals surface area contributed by atoms with E-state index in [1.807, 2.05) is 33.7 Å². The van der Waals surface area contributed by atoms with Crippen LogP contribution in [0.2, 0.25) is 0 Å². The zero-order valence-corrected chi connectivity index (χ0v) is 17.2. The summed E-state index contributed by atoms with van der Waals surface area (Å²) in [7, 11) is 0. The Morgan fingerprint density at radius 1 is 1.24 bits per heavy atom. The predicted octanol–water partition coefficient (Wildman–Crippen LogP) is 2.03. The van der Waals surface area contributed by atoms with Crippen LogP contribution < -0.4 is 0 Å². The third-order valence-electron chi connectivity index (χ3n) is 5.98. The maximum absolute atomic E-state index is 12.6. The van der Waals surface area contributed by atoms with Crippen molar-refractivity contribution in [2.45, 2.75) is 65.1 Å². The van der Waals surface area contributed by atoms with E-state index in [0.717, 1.165) is 55.0 Å². The molecule has 2 aliphatic heterocycles. The van der Waals surface area contributed by atoms with Crippen LogP contribution in [0.4, 0.5) is 0 Å². The number of piperidine rings is 1. The summed E-state index contributed by atoms with van der Waals surface area (Å²) in [6.07, 6.45) is 7.81. The van der Waals surface area contributed by atoms with E-state index in [0.29, 0.717) is 26.1 Å². The minimum Gasteiger partial charge on any atom is -0.338 e. The molecule has 2 aliphatic rings. The Hall–Kier alpha value is -2.77. The first-order valence-electron chi connectivity index (χ1n) is 10.4. The largest absolute Gasteiger partial charge is 0.338 e. The fourth-order valence-electron chi connectivity index (χ4n) is 4.27. The molecule has 1 atom stereocenters. The van der Waals surface area contributed by atoms with Crippen LogP contribution in [0.5, 0.6) is 0 Å². The van der Waals surface area contributed by atoms with Gasteiger partial charge in [0.05, 0.1) is 11.7 Å². The summed E-state index contributed by atoms with van der Waals surface area (Å²) in [4.78, 5) is 37.8. The molecule has 0 N–H and O–H groups in total. The standard InChI is InChI=1S/C21H28N6O2/c1-15-6-9-23-27(15)12-8-20(29)25-11-7-18-17(14-25)13-22-21(24-18)19-5-3-4-10-26(19)16(2)28/h6,9,13,19H,3-5,7-8,10-12,14H2,1-2H3/t19-/m1/s1. The third-order valence-corrected chi connectivity index (χ3v) is 5.98. The lowest BCUT2D eigenvalue weighted by Gasteiger charge is -2.35. The molecule has 4 heterocycles. The predicted molar refractivity (Wildman–Crippen MR) is 107 cm³/mol. The number of aromatic nitrogens is 4. The second-order valence-corrected chi connectivity index (χ2v) is 7.94. The van der Waals surface area contributed by atoms with Gasteiger partial charge in [0.2, 0.25) is 11.8 Å². The number of carbonyl (C=O) groups is 2. The van der Waals surface area contributed by atoms with Crippen molar-refractivity contribution in [2.75, 3.05) is 13.1 Å². The Morgan fingerprint density at radius 2 is 2.10 bits per heavy atom. The van der Waals surface area contributed by atoms with Crippen molar-refractivity contribution in [3.05, 3.63) is 41.2 Å². The minimum absolute atomic E-state index is 0.0245. The second kappa shape index (κ2) is 8.31. The van der Waals surface area contributed by atoms with Gasteiger partial charge in [0, 0.05) is 69.6 Å². The van der Waals surface area contributed by atoms with Crippen LogP contribution in [-0.4, -0.2) is 54.5 Å². The van der Waals surface area contributed by atoms with Crippen molar-refractivity contribution in [1.29, 1.82) is 0 Å². The fourth-order valence-corrected chi connectivity index (χ4v) is 4.27. The van der Waals surface area contributed by atoms with E-state index in [1.54, 1.807) is 13.1 Å². The van der Waals surface area contributed by atoms with Gasteiger partial charge in [0.15, 0.2) is 5.82 Å². The molecule has 2 aromatic rings. The van der Waals surface area contributed by atoms with Gasteiger partial charge in [-0.25, -0.2) is 9.97 Å². The zero-order chi connectivity index (χ0) is 20.4. The number of fused-ring (bicyclic) bond motifs is 1. The maximum Gasteiger partial charge on any atom is 0.224 e. The van der Waals surface area contributed by atoms with Gasteiger partial charge in [-0.1, -0.05) is 0 Å². The smallest absolute Gasteiger partial charge is 0.224 e.